The van der Waals surface area contributed by atoms with E-state index in [1.165, 1.54) is 0 Å². The van der Waals surface area contributed by atoms with Crippen LogP contribution in [0.15, 0.2) is 73.1 Å². The summed E-state index contributed by atoms with van der Waals surface area (Å²) in [6.45, 7) is 3.03. The minimum atomic E-state index is -0.195. The number of amides is 2. The van der Waals surface area contributed by atoms with Crippen LogP contribution in [0.5, 0.6) is 0 Å². The third-order valence-electron chi connectivity index (χ3n) is 5.01. The largest absolute Gasteiger partial charge is 0.352 e. The first kappa shape index (κ1) is 20.3. The van der Waals surface area contributed by atoms with E-state index in [-0.39, 0.29) is 24.8 Å². The molecule has 2 amide bonds. The average Bonchev–Trinajstić information content (AvgIpc) is 3.28. The smallest absolute Gasteiger partial charge is 0.251 e. The second-order valence-electron chi connectivity index (χ2n) is 7.14. The summed E-state index contributed by atoms with van der Waals surface area (Å²) in [6, 6.07) is 20.9. The van der Waals surface area contributed by atoms with Gasteiger partial charge in [-0.15, -0.1) is 10.2 Å². The lowest BCUT2D eigenvalue weighted by molar-refractivity contribution is -0.116. The maximum atomic E-state index is 12.4. The Labute approximate surface area is 180 Å². The highest BCUT2D eigenvalue weighted by atomic mass is 16.2. The zero-order valence-electron chi connectivity index (χ0n) is 17.2. The summed E-state index contributed by atoms with van der Waals surface area (Å²) >= 11 is 0. The second kappa shape index (κ2) is 9.21. The van der Waals surface area contributed by atoms with Crippen molar-refractivity contribution in [2.75, 3.05) is 11.9 Å². The minimum absolute atomic E-state index is 0.173. The van der Waals surface area contributed by atoms with Crippen molar-refractivity contribution in [3.63, 3.8) is 0 Å². The van der Waals surface area contributed by atoms with Crippen LogP contribution in [0.2, 0.25) is 0 Å². The van der Waals surface area contributed by atoms with Crippen LogP contribution >= 0.6 is 0 Å². The van der Waals surface area contributed by atoms with E-state index in [9.17, 15) is 9.59 Å². The van der Waals surface area contributed by atoms with Crippen LogP contribution in [-0.2, 0) is 11.3 Å². The number of fused-ring (bicyclic) bond motifs is 1. The zero-order chi connectivity index (χ0) is 21.6. The maximum absolute atomic E-state index is 12.4. The van der Waals surface area contributed by atoms with E-state index in [0.717, 1.165) is 28.7 Å². The number of carbonyl (C=O) groups excluding carboxylic acids is 2. The molecule has 3 aromatic carbocycles. The van der Waals surface area contributed by atoms with Crippen molar-refractivity contribution in [2.24, 2.45) is 0 Å². The molecule has 0 atom stereocenters. The predicted octanol–water partition coefficient (Wildman–Crippen LogP) is 3.88. The van der Waals surface area contributed by atoms with Gasteiger partial charge in [0.25, 0.3) is 5.91 Å². The molecule has 0 aliphatic rings. The minimum Gasteiger partial charge on any atom is -0.352 e. The Morgan fingerprint density at radius 3 is 2.65 bits per heavy atom. The van der Waals surface area contributed by atoms with Crippen molar-refractivity contribution in [1.82, 2.24) is 20.1 Å². The highest BCUT2D eigenvalue weighted by molar-refractivity contribution is 5.99. The lowest BCUT2D eigenvalue weighted by atomic mass is 10.1. The number of nitrogens with zero attached hydrogens (tertiary/aromatic N) is 3. The Balaban J connectivity index is 1.32. The molecule has 1 aromatic heterocycles. The van der Waals surface area contributed by atoms with E-state index in [4.69, 9.17) is 0 Å². The average molecular weight is 413 g/mol. The van der Waals surface area contributed by atoms with E-state index < -0.39 is 0 Å². The summed E-state index contributed by atoms with van der Waals surface area (Å²) < 4.78 is 1.93. The fraction of sp³-hybridized carbons (Fsp3) is 0.167. The molecule has 0 saturated carbocycles. The van der Waals surface area contributed by atoms with Gasteiger partial charge in [-0.1, -0.05) is 42.5 Å². The number of benzene rings is 3. The van der Waals surface area contributed by atoms with Crippen LogP contribution in [0, 0.1) is 0 Å². The third-order valence-corrected chi connectivity index (χ3v) is 5.01. The number of rotatable bonds is 7. The first-order valence-electron chi connectivity index (χ1n) is 10.2. The number of hydrogen-bond donors (Lipinski definition) is 2. The van der Waals surface area contributed by atoms with Gasteiger partial charge >= 0.3 is 0 Å². The Bertz CT molecular complexity index is 1230. The van der Waals surface area contributed by atoms with Crippen LogP contribution in [-0.4, -0.2) is 33.1 Å². The summed E-state index contributed by atoms with van der Waals surface area (Å²) in [5.41, 5.74) is 2.13. The molecule has 4 aromatic rings. The summed E-state index contributed by atoms with van der Waals surface area (Å²) in [7, 11) is 0. The van der Waals surface area contributed by atoms with Crippen molar-refractivity contribution in [1.29, 1.82) is 0 Å². The molecule has 4 rings (SSSR count). The molecule has 7 nitrogen and oxygen atoms in total. The number of aryl methyl sites for hydroxylation is 1. The van der Waals surface area contributed by atoms with Gasteiger partial charge in [0.05, 0.1) is 0 Å². The second-order valence-corrected chi connectivity index (χ2v) is 7.14. The van der Waals surface area contributed by atoms with Gasteiger partial charge in [-0.05, 0) is 42.0 Å². The molecule has 0 bridgehead atoms. The van der Waals surface area contributed by atoms with E-state index in [1.54, 1.807) is 12.4 Å². The third kappa shape index (κ3) is 4.78. The quantitative estimate of drug-likeness (QED) is 0.481. The van der Waals surface area contributed by atoms with Crippen LogP contribution in [0.4, 0.5) is 5.69 Å². The number of carbonyl (C=O) groups is 2. The molecule has 7 heteroatoms. The Morgan fingerprint density at radius 1 is 0.968 bits per heavy atom. The number of nitrogens with one attached hydrogen (secondary N) is 2. The van der Waals surface area contributed by atoms with Crippen molar-refractivity contribution in [3.05, 3.63) is 78.6 Å². The van der Waals surface area contributed by atoms with Crippen molar-refractivity contribution in [2.45, 2.75) is 19.9 Å². The van der Waals surface area contributed by atoms with E-state index in [0.29, 0.717) is 11.3 Å². The Hall–Kier alpha value is -4.00. The van der Waals surface area contributed by atoms with Gasteiger partial charge in [0.2, 0.25) is 5.91 Å². The first-order chi connectivity index (χ1) is 15.1. The molecule has 0 fully saturated rings. The van der Waals surface area contributed by atoms with E-state index in [2.05, 4.69) is 20.8 Å². The molecule has 0 saturated heterocycles. The van der Waals surface area contributed by atoms with Gasteiger partial charge < -0.3 is 15.2 Å². The zero-order valence-corrected chi connectivity index (χ0v) is 17.2. The molecule has 0 radical (unpaired) electrons. The number of aromatic nitrogens is 3. The van der Waals surface area contributed by atoms with Gasteiger partial charge in [0, 0.05) is 36.3 Å². The van der Waals surface area contributed by atoms with Crippen LogP contribution in [0.1, 0.15) is 23.7 Å². The van der Waals surface area contributed by atoms with Crippen LogP contribution in [0.25, 0.3) is 22.2 Å². The number of anilines is 1. The Morgan fingerprint density at radius 2 is 1.81 bits per heavy atom. The molecular weight excluding hydrogens is 390 g/mol. The summed E-state index contributed by atoms with van der Waals surface area (Å²) in [6.07, 6.45) is 1.85. The van der Waals surface area contributed by atoms with Crippen molar-refractivity contribution >= 4 is 28.3 Å². The molecule has 0 spiro atoms. The van der Waals surface area contributed by atoms with Gasteiger partial charge in [-0.3, -0.25) is 9.59 Å². The molecule has 0 unspecified atom stereocenters. The maximum Gasteiger partial charge on any atom is 0.251 e. The molecule has 0 aliphatic carbocycles. The normalized spacial score (nSPS) is 10.7. The highest BCUT2D eigenvalue weighted by Crippen LogP contribution is 2.21. The summed E-state index contributed by atoms with van der Waals surface area (Å²) in [5.74, 6) is 0.383. The van der Waals surface area contributed by atoms with Crippen molar-refractivity contribution < 1.29 is 9.59 Å². The monoisotopic (exact) mass is 413 g/mol. The lowest BCUT2D eigenvalue weighted by Gasteiger charge is -2.09. The van der Waals surface area contributed by atoms with Gasteiger partial charge in [-0.25, -0.2) is 0 Å². The standard InChI is InChI=1S/C24H23N5O2/c1-2-29-16-26-28-23(29)19-8-5-9-21(15-19)27-22(30)12-13-25-24(31)20-11-10-17-6-3-4-7-18(17)14-20/h3-11,14-16H,2,12-13H2,1H3,(H,25,31)(H,27,30). The summed E-state index contributed by atoms with van der Waals surface area (Å²) in [5, 5.41) is 15.9. The molecule has 1 heterocycles. The first-order valence-corrected chi connectivity index (χ1v) is 10.2. The molecule has 2 N–H and O–H groups in total. The van der Waals surface area contributed by atoms with Crippen molar-refractivity contribution in [3.8, 4) is 11.4 Å². The van der Waals surface area contributed by atoms with Gasteiger partial charge in [0.1, 0.15) is 6.33 Å². The SMILES string of the molecule is CCn1cnnc1-c1cccc(NC(=O)CCNC(=O)c2ccc3ccccc3c2)c1. The molecule has 156 valence electrons. The number of hydrogen-bond acceptors (Lipinski definition) is 4. The molecule has 0 aliphatic heterocycles. The van der Waals surface area contributed by atoms with E-state index in [1.807, 2.05) is 72.2 Å². The van der Waals surface area contributed by atoms with Gasteiger partial charge in [0.15, 0.2) is 5.82 Å². The highest BCUT2D eigenvalue weighted by Gasteiger charge is 2.10. The summed E-state index contributed by atoms with van der Waals surface area (Å²) in [4.78, 5) is 24.7. The van der Waals surface area contributed by atoms with E-state index >= 15 is 0 Å². The topological polar surface area (TPSA) is 88.9 Å². The Kier molecular flexibility index (Phi) is 6.03. The predicted molar refractivity (Wildman–Crippen MR) is 121 cm³/mol. The lowest BCUT2D eigenvalue weighted by Crippen LogP contribution is -2.27. The van der Waals surface area contributed by atoms with Gasteiger partial charge in [-0.2, -0.15) is 0 Å². The fourth-order valence-electron chi connectivity index (χ4n) is 3.39. The fourth-order valence-corrected chi connectivity index (χ4v) is 3.39. The molecular formula is C24H23N5O2. The molecule has 31 heavy (non-hydrogen) atoms. The van der Waals surface area contributed by atoms with Crippen LogP contribution in [0.3, 0.4) is 0 Å². The van der Waals surface area contributed by atoms with Crippen LogP contribution < -0.4 is 10.6 Å².